The molecule has 0 spiro atoms. The molecule has 0 aromatic rings. The van der Waals surface area contributed by atoms with Gasteiger partial charge in [0.25, 0.3) is 0 Å². The summed E-state index contributed by atoms with van der Waals surface area (Å²) in [5.41, 5.74) is 5.03. The van der Waals surface area contributed by atoms with Gasteiger partial charge in [0, 0.05) is 33.1 Å². The van der Waals surface area contributed by atoms with E-state index in [0.29, 0.717) is 5.88 Å². The van der Waals surface area contributed by atoms with Crippen LogP contribution < -0.4 is 5.32 Å². The number of halogens is 2. The van der Waals surface area contributed by atoms with Crippen LogP contribution in [0.15, 0.2) is 22.3 Å². The maximum atomic E-state index is 6.45. The molecule has 1 rings (SSSR count). The summed E-state index contributed by atoms with van der Waals surface area (Å²) in [4.78, 5) is 0. The molecule has 2 atom stereocenters. The van der Waals surface area contributed by atoms with Crippen LogP contribution in [0.25, 0.3) is 0 Å². The molecule has 0 aromatic carbocycles. The molecule has 0 heterocycles. The van der Waals surface area contributed by atoms with Crippen molar-refractivity contribution in [2.75, 3.05) is 5.88 Å². The molecule has 1 aliphatic carbocycles. The minimum absolute atomic E-state index is 0. The molecule has 108 valence electrons. The van der Waals surface area contributed by atoms with E-state index in [1.807, 2.05) is 0 Å². The van der Waals surface area contributed by atoms with Gasteiger partial charge in [0.05, 0.1) is 10.9 Å². The van der Waals surface area contributed by atoms with Crippen molar-refractivity contribution < 1.29 is 21.7 Å². The number of hydrogen-bond acceptors (Lipinski definition) is 1. The largest absolute Gasteiger partial charge is 0.300 e. The quantitative estimate of drug-likeness (QED) is 0.584. The Balaban J connectivity index is 0.00000324. The van der Waals surface area contributed by atoms with E-state index in [0.717, 1.165) is 0 Å². The van der Waals surface area contributed by atoms with Gasteiger partial charge in [0.1, 0.15) is 0 Å². The van der Waals surface area contributed by atoms with Crippen molar-refractivity contribution in [1.29, 1.82) is 0 Å². The third kappa shape index (κ3) is 3.89. The Bertz CT molecular complexity index is 407. The maximum Gasteiger partial charge on any atom is 0.0707 e. The average molecular weight is 338 g/mol. The maximum absolute atomic E-state index is 6.45. The van der Waals surface area contributed by atoms with Gasteiger partial charge in [0.2, 0.25) is 0 Å². The summed E-state index contributed by atoms with van der Waals surface area (Å²) >= 11 is 12.4. The number of nitrogens with one attached hydrogen (secondary N) is 1. The van der Waals surface area contributed by atoms with Gasteiger partial charge >= 0.3 is 0 Å². The Morgan fingerprint density at radius 1 is 1.16 bits per heavy atom. The van der Waals surface area contributed by atoms with Crippen molar-refractivity contribution >= 4 is 23.2 Å². The van der Waals surface area contributed by atoms with E-state index >= 15 is 0 Å². The van der Waals surface area contributed by atoms with Gasteiger partial charge in [-0.2, -0.15) is 0 Å². The van der Waals surface area contributed by atoms with E-state index in [1.54, 1.807) is 0 Å². The molecule has 1 nitrogen and oxygen atoms in total. The summed E-state index contributed by atoms with van der Waals surface area (Å²) in [5.74, 6) is 0.441. The standard InChI is InChI=1S/C15H25Cl2N.Ti/c1-9-10(2)13(12(17)8-16)15(7,11(9)3)18-14(4,5)6;/h12,18H,8H2,1-7H3;. The smallest absolute Gasteiger partial charge is 0.0707 e. The Kier molecular flexibility index (Phi) is 6.92. The predicted molar refractivity (Wildman–Crippen MR) is 82.7 cm³/mol. The van der Waals surface area contributed by atoms with E-state index in [4.69, 9.17) is 23.2 Å². The van der Waals surface area contributed by atoms with Crippen LogP contribution in [-0.2, 0) is 21.7 Å². The molecule has 19 heavy (non-hydrogen) atoms. The average Bonchev–Trinajstić information content (AvgIpc) is 2.37. The Labute approximate surface area is 143 Å². The van der Waals surface area contributed by atoms with E-state index in [-0.39, 0.29) is 38.2 Å². The van der Waals surface area contributed by atoms with Gasteiger partial charge in [-0.15, -0.1) is 23.2 Å². The molecule has 0 amide bonds. The van der Waals surface area contributed by atoms with Gasteiger partial charge in [-0.3, -0.25) is 5.32 Å². The summed E-state index contributed by atoms with van der Waals surface area (Å²) in [5, 5.41) is 3.59. The number of allylic oxidation sites excluding steroid dienone is 2. The van der Waals surface area contributed by atoms with Crippen molar-refractivity contribution in [3.8, 4) is 0 Å². The van der Waals surface area contributed by atoms with Crippen molar-refractivity contribution in [3.05, 3.63) is 22.3 Å². The third-order valence-corrected chi connectivity index (χ3v) is 4.73. The Hall–Kier alpha value is 0.734. The Morgan fingerprint density at radius 3 is 2.00 bits per heavy atom. The molecular formula is C15H25Cl2NTi. The molecule has 0 bridgehead atoms. The van der Waals surface area contributed by atoms with Gasteiger partial charge < -0.3 is 0 Å². The van der Waals surface area contributed by atoms with E-state index in [1.165, 1.54) is 22.3 Å². The first-order valence-corrected chi connectivity index (χ1v) is 7.40. The molecule has 0 saturated carbocycles. The molecule has 0 aromatic heterocycles. The van der Waals surface area contributed by atoms with Crippen LogP contribution in [0.2, 0.25) is 0 Å². The summed E-state index contributed by atoms with van der Waals surface area (Å²) in [6.45, 7) is 15.2. The van der Waals surface area contributed by atoms with Crippen LogP contribution in [0.1, 0.15) is 48.5 Å². The third-order valence-electron chi connectivity index (χ3n) is 3.89. The van der Waals surface area contributed by atoms with Gasteiger partial charge in [0.15, 0.2) is 0 Å². The molecule has 0 saturated heterocycles. The molecule has 0 aliphatic heterocycles. The van der Waals surface area contributed by atoms with Crippen LogP contribution in [0.3, 0.4) is 0 Å². The fourth-order valence-electron chi connectivity index (χ4n) is 2.97. The molecule has 0 radical (unpaired) electrons. The van der Waals surface area contributed by atoms with Gasteiger partial charge in [-0.05, 0) is 70.8 Å². The van der Waals surface area contributed by atoms with Crippen LogP contribution in [0, 0.1) is 0 Å². The molecular weight excluding hydrogens is 313 g/mol. The van der Waals surface area contributed by atoms with Crippen molar-refractivity contribution in [3.63, 3.8) is 0 Å². The summed E-state index contributed by atoms with van der Waals surface area (Å²) < 4.78 is 0. The summed E-state index contributed by atoms with van der Waals surface area (Å²) in [6, 6.07) is 0. The number of hydrogen-bond donors (Lipinski definition) is 1. The fourth-order valence-corrected chi connectivity index (χ4v) is 3.51. The first-order valence-electron chi connectivity index (χ1n) is 6.43. The zero-order valence-electron chi connectivity index (χ0n) is 13.0. The van der Waals surface area contributed by atoms with Crippen LogP contribution in [0.4, 0.5) is 0 Å². The van der Waals surface area contributed by atoms with E-state index in [9.17, 15) is 0 Å². The minimum Gasteiger partial charge on any atom is -0.300 e. The van der Waals surface area contributed by atoms with E-state index < -0.39 is 0 Å². The van der Waals surface area contributed by atoms with Gasteiger partial charge in [-0.1, -0.05) is 0 Å². The number of rotatable bonds is 3. The zero-order chi connectivity index (χ0) is 14.3. The predicted octanol–water partition coefficient (Wildman–Crippen LogP) is 4.64. The van der Waals surface area contributed by atoms with Gasteiger partial charge in [-0.25, -0.2) is 0 Å². The van der Waals surface area contributed by atoms with Crippen LogP contribution in [-0.4, -0.2) is 22.3 Å². The molecule has 4 heteroatoms. The molecule has 2 unspecified atom stereocenters. The topological polar surface area (TPSA) is 12.0 Å². The first-order chi connectivity index (χ1) is 8.04. The SMILES string of the molecule is CC1=C(C)C(C)(NC(C)(C)C)C(C(Cl)CCl)=C1C.[Ti]. The van der Waals surface area contributed by atoms with Crippen molar-refractivity contribution in [2.45, 2.75) is 64.9 Å². The zero-order valence-corrected chi connectivity index (χ0v) is 16.1. The molecule has 1 aliphatic rings. The van der Waals surface area contributed by atoms with Crippen LogP contribution in [0.5, 0.6) is 0 Å². The second-order valence-corrected chi connectivity index (χ2v) is 7.25. The normalized spacial score (nSPS) is 25.7. The summed E-state index contributed by atoms with van der Waals surface area (Å²) in [6.07, 6.45) is 0. The fraction of sp³-hybridized carbons (Fsp3) is 0.733. The molecule has 0 fully saturated rings. The minimum atomic E-state index is -0.187. The monoisotopic (exact) mass is 337 g/mol. The van der Waals surface area contributed by atoms with Crippen LogP contribution >= 0.6 is 23.2 Å². The second kappa shape index (κ2) is 6.66. The first kappa shape index (κ1) is 19.7. The number of alkyl halides is 2. The Morgan fingerprint density at radius 2 is 1.63 bits per heavy atom. The van der Waals surface area contributed by atoms with Crippen molar-refractivity contribution in [2.24, 2.45) is 0 Å². The second-order valence-electron chi connectivity index (χ2n) is 6.41. The van der Waals surface area contributed by atoms with E-state index in [2.05, 4.69) is 53.8 Å². The van der Waals surface area contributed by atoms with Crippen molar-refractivity contribution in [1.82, 2.24) is 5.32 Å². The summed E-state index contributed by atoms with van der Waals surface area (Å²) in [7, 11) is 0. The molecule has 1 N–H and O–H groups in total.